The number of fused-ring (bicyclic) bond motifs is 1. The van der Waals surface area contributed by atoms with Crippen LogP contribution in [0.25, 0.3) is 10.2 Å². The first-order valence-corrected chi connectivity index (χ1v) is 13.1. The Kier molecular flexibility index (Phi) is 6.58. The number of benzene rings is 2. The number of pyridine rings is 1. The Bertz CT molecular complexity index is 1360. The second kappa shape index (κ2) is 9.41. The lowest BCUT2D eigenvalue weighted by atomic mass is 10.1. The molecule has 0 aliphatic carbocycles. The number of anilines is 1. The van der Waals surface area contributed by atoms with E-state index in [0.29, 0.717) is 5.13 Å². The summed E-state index contributed by atoms with van der Waals surface area (Å²) >= 11 is 1.43. The van der Waals surface area contributed by atoms with Crippen LogP contribution < -0.4 is 4.90 Å². The summed E-state index contributed by atoms with van der Waals surface area (Å²) in [7, 11) is -3.57. The predicted octanol–water partition coefficient (Wildman–Crippen LogP) is 5.01. The molecule has 33 heavy (non-hydrogen) atoms. The molecule has 2 heterocycles. The number of thiazole rings is 1. The highest BCUT2D eigenvalue weighted by molar-refractivity contribution is 7.91. The molecule has 0 aliphatic heterocycles. The molecule has 0 N–H and O–H groups in total. The van der Waals surface area contributed by atoms with E-state index in [-0.39, 0.29) is 29.5 Å². The molecule has 0 radical (unpaired) electrons. The zero-order valence-electron chi connectivity index (χ0n) is 18.8. The van der Waals surface area contributed by atoms with Gasteiger partial charge in [-0.05, 0) is 67.8 Å². The quantitative estimate of drug-likeness (QED) is 0.372. The van der Waals surface area contributed by atoms with Gasteiger partial charge >= 0.3 is 0 Å². The number of hydrogen-bond acceptors (Lipinski definition) is 6. The number of amides is 1. The molecule has 1 amide bonds. The molecule has 2 aromatic carbocycles. The minimum atomic E-state index is -3.57. The van der Waals surface area contributed by atoms with Gasteiger partial charge in [-0.25, -0.2) is 13.4 Å². The summed E-state index contributed by atoms with van der Waals surface area (Å²) < 4.78 is 26.6. The molecular weight excluding hydrogens is 454 g/mol. The summed E-state index contributed by atoms with van der Waals surface area (Å²) in [5, 5.41) is 0.552. The lowest BCUT2D eigenvalue weighted by Crippen LogP contribution is -2.31. The Hall–Kier alpha value is -3.10. The Morgan fingerprint density at radius 1 is 1.03 bits per heavy atom. The molecule has 4 rings (SSSR count). The van der Waals surface area contributed by atoms with Crippen molar-refractivity contribution < 1.29 is 13.2 Å². The molecule has 170 valence electrons. The highest BCUT2D eigenvalue weighted by Crippen LogP contribution is 2.32. The largest absolute Gasteiger partial charge is 0.284 e. The van der Waals surface area contributed by atoms with E-state index in [1.807, 2.05) is 39.0 Å². The fourth-order valence-electron chi connectivity index (χ4n) is 3.44. The van der Waals surface area contributed by atoms with Gasteiger partial charge in [-0.2, -0.15) is 0 Å². The first-order valence-electron chi connectivity index (χ1n) is 10.6. The van der Waals surface area contributed by atoms with Gasteiger partial charge in [0.15, 0.2) is 15.0 Å². The molecule has 0 atom stereocenters. The highest BCUT2D eigenvalue weighted by Gasteiger charge is 2.24. The number of sulfone groups is 1. The lowest BCUT2D eigenvalue weighted by Gasteiger charge is -2.20. The van der Waals surface area contributed by atoms with Crippen molar-refractivity contribution in [3.63, 3.8) is 0 Å². The summed E-state index contributed by atoms with van der Waals surface area (Å²) in [5.41, 5.74) is 4.95. The van der Waals surface area contributed by atoms with Crippen LogP contribution in [0, 0.1) is 20.8 Å². The van der Waals surface area contributed by atoms with Gasteiger partial charge in [0.1, 0.15) is 0 Å². The van der Waals surface area contributed by atoms with Crippen LogP contribution in [0.1, 0.15) is 28.7 Å². The number of hydrogen-bond donors (Lipinski definition) is 0. The normalized spacial score (nSPS) is 11.6. The van der Waals surface area contributed by atoms with Crippen LogP contribution in [0.5, 0.6) is 0 Å². The van der Waals surface area contributed by atoms with Gasteiger partial charge < -0.3 is 0 Å². The number of rotatable bonds is 7. The molecule has 0 bridgehead atoms. The van der Waals surface area contributed by atoms with Gasteiger partial charge in [0, 0.05) is 18.8 Å². The topological polar surface area (TPSA) is 80.2 Å². The summed E-state index contributed by atoms with van der Waals surface area (Å²) in [4.78, 5) is 23.9. The van der Waals surface area contributed by atoms with E-state index in [0.717, 1.165) is 32.5 Å². The van der Waals surface area contributed by atoms with Gasteiger partial charge in [0.2, 0.25) is 5.91 Å². The monoisotopic (exact) mass is 479 g/mol. The van der Waals surface area contributed by atoms with Crippen LogP contribution in [-0.2, 0) is 21.2 Å². The maximum absolute atomic E-state index is 13.3. The van der Waals surface area contributed by atoms with Gasteiger partial charge in [-0.1, -0.05) is 35.1 Å². The van der Waals surface area contributed by atoms with Crippen molar-refractivity contribution >= 4 is 42.4 Å². The molecule has 0 saturated carbocycles. The Balaban J connectivity index is 1.62. The van der Waals surface area contributed by atoms with Crippen molar-refractivity contribution in [3.8, 4) is 0 Å². The van der Waals surface area contributed by atoms with E-state index in [4.69, 9.17) is 4.98 Å². The van der Waals surface area contributed by atoms with Crippen LogP contribution in [0.15, 0.2) is 65.8 Å². The Labute approximate surface area is 197 Å². The van der Waals surface area contributed by atoms with Crippen LogP contribution in [-0.4, -0.2) is 30.0 Å². The lowest BCUT2D eigenvalue weighted by molar-refractivity contribution is -0.118. The van der Waals surface area contributed by atoms with Gasteiger partial charge in [0.05, 0.1) is 27.4 Å². The molecule has 0 unspecified atom stereocenters. The zero-order valence-corrected chi connectivity index (χ0v) is 20.4. The first kappa shape index (κ1) is 23.1. The molecule has 0 fully saturated rings. The molecule has 0 aliphatic rings. The second-order valence-corrected chi connectivity index (χ2v) is 11.2. The summed E-state index contributed by atoms with van der Waals surface area (Å²) in [6.45, 7) is 6.25. The predicted molar refractivity (Wildman–Crippen MR) is 132 cm³/mol. The maximum Gasteiger partial charge on any atom is 0.230 e. The van der Waals surface area contributed by atoms with Crippen molar-refractivity contribution in [2.24, 2.45) is 0 Å². The smallest absolute Gasteiger partial charge is 0.230 e. The fourth-order valence-corrected chi connectivity index (χ4v) is 5.73. The third-order valence-corrected chi connectivity index (χ3v) is 8.33. The highest BCUT2D eigenvalue weighted by atomic mass is 32.2. The van der Waals surface area contributed by atoms with Gasteiger partial charge in [-0.15, -0.1) is 0 Å². The number of aryl methyl sites for hydroxylation is 3. The van der Waals surface area contributed by atoms with Crippen molar-refractivity contribution in [2.75, 3.05) is 10.7 Å². The Morgan fingerprint density at radius 3 is 2.45 bits per heavy atom. The third kappa shape index (κ3) is 5.29. The second-order valence-electron chi connectivity index (χ2n) is 8.12. The standard InChI is InChI=1S/C25H25N3O3S2/c1-17-6-8-21(9-7-17)33(30,31)12-10-24(29)28(16-20-5-4-11-26-15-20)25-27-22-13-18(2)19(3)14-23(22)32-25/h4-9,11,13-15H,10,12,16H2,1-3H3. The molecule has 8 heteroatoms. The van der Waals surface area contributed by atoms with Crippen molar-refractivity contribution in [1.29, 1.82) is 0 Å². The average molecular weight is 480 g/mol. The molecule has 0 saturated heterocycles. The Morgan fingerprint density at radius 2 is 1.76 bits per heavy atom. The molecule has 2 aromatic heterocycles. The van der Waals surface area contributed by atoms with E-state index < -0.39 is 9.84 Å². The van der Waals surface area contributed by atoms with E-state index in [2.05, 4.69) is 11.1 Å². The molecule has 4 aromatic rings. The van der Waals surface area contributed by atoms with Crippen LogP contribution in [0.3, 0.4) is 0 Å². The van der Waals surface area contributed by atoms with Crippen LogP contribution >= 0.6 is 11.3 Å². The van der Waals surface area contributed by atoms with E-state index >= 15 is 0 Å². The maximum atomic E-state index is 13.3. The molecular formula is C25H25N3O3S2. The minimum absolute atomic E-state index is 0.134. The van der Waals surface area contributed by atoms with Crippen molar-refractivity contribution in [2.45, 2.75) is 38.6 Å². The first-order chi connectivity index (χ1) is 15.7. The van der Waals surface area contributed by atoms with E-state index in [1.165, 1.54) is 11.3 Å². The van der Waals surface area contributed by atoms with Crippen molar-refractivity contribution in [3.05, 3.63) is 83.2 Å². The SMILES string of the molecule is Cc1ccc(S(=O)(=O)CCC(=O)N(Cc2cccnc2)c2nc3cc(C)c(C)cc3s2)cc1. The fraction of sp³-hybridized carbons (Fsp3) is 0.240. The average Bonchev–Trinajstić information content (AvgIpc) is 3.19. The number of carbonyl (C=O) groups is 1. The zero-order chi connectivity index (χ0) is 23.6. The van der Waals surface area contributed by atoms with E-state index in [1.54, 1.807) is 41.6 Å². The third-order valence-electron chi connectivity index (χ3n) is 5.55. The van der Waals surface area contributed by atoms with Gasteiger partial charge in [0.25, 0.3) is 0 Å². The van der Waals surface area contributed by atoms with Crippen molar-refractivity contribution in [1.82, 2.24) is 9.97 Å². The number of carbonyl (C=O) groups excluding carboxylic acids is 1. The number of aromatic nitrogens is 2. The van der Waals surface area contributed by atoms with Gasteiger partial charge in [-0.3, -0.25) is 14.7 Å². The molecule has 6 nitrogen and oxygen atoms in total. The summed E-state index contributed by atoms with van der Waals surface area (Å²) in [6, 6.07) is 14.5. The summed E-state index contributed by atoms with van der Waals surface area (Å²) in [6.07, 6.45) is 3.24. The minimum Gasteiger partial charge on any atom is -0.284 e. The molecule has 0 spiro atoms. The number of nitrogens with zero attached hydrogens (tertiary/aromatic N) is 3. The van der Waals surface area contributed by atoms with Crippen LogP contribution in [0.2, 0.25) is 0 Å². The van der Waals surface area contributed by atoms with E-state index in [9.17, 15) is 13.2 Å². The van der Waals surface area contributed by atoms with Crippen LogP contribution in [0.4, 0.5) is 5.13 Å². The summed E-state index contributed by atoms with van der Waals surface area (Å²) in [5.74, 6) is -0.552.